The van der Waals surface area contributed by atoms with Gasteiger partial charge in [0.05, 0.1) is 5.52 Å². The Kier molecular flexibility index (Phi) is 7.60. The van der Waals surface area contributed by atoms with Crippen LogP contribution >= 0.6 is 11.8 Å². The minimum absolute atomic E-state index is 0.141. The third-order valence-corrected chi connectivity index (χ3v) is 18.9. The summed E-state index contributed by atoms with van der Waals surface area (Å²) in [5.74, 6) is 0. The first-order valence-electron chi connectivity index (χ1n) is 19.3. The van der Waals surface area contributed by atoms with Gasteiger partial charge in [0.25, 0.3) is 0 Å². The van der Waals surface area contributed by atoms with Crippen LogP contribution in [0.4, 0.5) is 0 Å². The van der Waals surface area contributed by atoms with Crippen LogP contribution in [0, 0.1) is 0 Å². The Morgan fingerprint density at radius 1 is 0.654 bits per heavy atom. The Labute approximate surface area is 314 Å². The van der Waals surface area contributed by atoms with Crippen molar-refractivity contribution in [2.75, 3.05) is 0 Å². The molecule has 0 amide bonds. The monoisotopic (exact) mass is 705 g/mol. The van der Waals surface area contributed by atoms with Crippen molar-refractivity contribution >= 4 is 69.4 Å². The fourth-order valence-corrected chi connectivity index (χ4v) is 16.6. The smallest absolute Gasteiger partial charge is 0.244 e. The maximum atomic E-state index is 2.72. The molecule has 0 radical (unpaired) electrons. The van der Waals surface area contributed by atoms with Crippen molar-refractivity contribution in [2.24, 2.45) is 0 Å². The largest absolute Gasteiger partial charge is 0.314 e. The number of fused-ring (bicyclic) bond motifs is 7. The average molecular weight is 706 g/mol. The van der Waals surface area contributed by atoms with E-state index in [9.17, 15) is 0 Å². The lowest BCUT2D eigenvalue weighted by atomic mass is 9.31. The SMILES string of the molecule is CC[Si]1(c2ccccc2)c2cc(Sc3ccccc3)ccc2B2c3c(-n4c5c(c6ccccc64)CCCCC5)cccc3C(C)(C)c3cccc1c32. The predicted octanol–water partition coefficient (Wildman–Crippen LogP) is 8.01. The predicted molar refractivity (Wildman–Crippen MR) is 226 cm³/mol. The molecule has 1 aliphatic carbocycles. The average Bonchev–Trinajstić information content (AvgIpc) is 3.30. The van der Waals surface area contributed by atoms with Gasteiger partial charge in [-0.2, -0.15) is 0 Å². The van der Waals surface area contributed by atoms with Gasteiger partial charge in [-0.25, -0.2) is 0 Å². The summed E-state index contributed by atoms with van der Waals surface area (Å²) >= 11 is 1.90. The van der Waals surface area contributed by atoms with Crippen molar-refractivity contribution in [3.63, 3.8) is 0 Å². The van der Waals surface area contributed by atoms with Gasteiger partial charge in [-0.15, -0.1) is 0 Å². The molecule has 4 heteroatoms. The zero-order valence-corrected chi connectivity index (χ0v) is 32.3. The Morgan fingerprint density at radius 2 is 1.37 bits per heavy atom. The van der Waals surface area contributed by atoms with E-state index in [1.165, 1.54) is 85.0 Å². The van der Waals surface area contributed by atoms with Crippen LogP contribution in [-0.2, 0) is 18.3 Å². The van der Waals surface area contributed by atoms with Gasteiger partial charge in [-0.3, -0.25) is 0 Å². The van der Waals surface area contributed by atoms with E-state index in [0.717, 1.165) is 12.5 Å². The molecule has 10 rings (SSSR count). The van der Waals surface area contributed by atoms with Crippen molar-refractivity contribution in [1.82, 2.24) is 4.57 Å². The maximum absolute atomic E-state index is 2.72. The second kappa shape index (κ2) is 12.3. The molecule has 1 unspecified atom stereocenters. The van der Waals surface area contributed by atoms with E-state index in [-0.39, 0.29) is 12.1 Å². The highest BCUT2D eigenvalue weighted by atomic mass is 32.2. The van der Waals surface area contributed by atoms with E-state index >= 15 is 0 Å². The van der Waals surface area contributed by atoms with E-state index in [4.69, 9.17) is 0 Å². The summed E-state index contributed by atoms with van der Waals surface area (Å²) in [5, 5.41) is 6.17. The minimum Gasteiger partial charge on any atom is -0.314 e. The number of hydrogen-bond acceptors (Lipinski definition) is 1. The van der Waals surface area contributed by atoms with Crippen LogP contribution in [-0.4, -0.2) is 19.4 Å². The third kappa shape index (κ3) is 4.56. The Hall–Kier alpha value is -4.51. The Morgan fingerprint density at radius 3 is 2.17 bits per heavy atom. The molecule has 3 aliphatic rings. The number of aromatic nitrogens is 1. The number of para-hydroxylation sites is 1. The molecule has 52 heavy (non-hydrogen) atoms. The van der Waals surface area contributed by atoms with E-state index < -0.39 is 8.07 Å². The van der Waals surface area contributed by atoms with Crippen LogP contribution < -0.4 is 31.9 Å². The number of rotatable bonds is 5. The standard InChI is InChI=1S/C48H44BNSSi/c1-4-52(35-20-10-6-11-21-35)44-29-17-25-39-47(44)49(40-31-30-34(32-45(40)52)51-33-18-8-5-9-19-33)46-38(48(39,2)3)24-16-28-43(46)50-41-26-13-7-12-22-36(41)37-23-14-15-27-42(37)50/h5-6,8-11,14-21,23-25,27-32H,4,7,12-13,22,26H2,1-3H3. The summed E-state index contributed by atoms with van der Waals surface area (Å²) in [6.07, 6.45) is 6.15. The van der Waals surface area contributed by atoms with Crippen molar-refractivity contribution in [2.45, 2.75) is 74.1 Å². The molecule has 2 aliphatic heterocycles. The van der Waals surface area contributed by atoms with Crippen LogP contribution in [0.15, 0.2) is 149 Å². The number of benzene rings is 6. The van der Waals surface area contributed by atoms with E-state index in [1.54, 1.807) is 21.4 Å². The van der Waals surface area contributed by atoms with Crippen molar-refractivity contribution in [3.8, 4) is 5.69 Å². The molecule has 0 saturated carbocycles. The highest BCUT2D eigenvalue weighted by Crippen LogP contribution is 2.39. The van der Waals surface area contributed by atoms with E-state index in [2.05, 4.69) is 165 Å². The molecule has 6 aromatic carbocycles. The Balaban J connectivity index is 1.31. The van der Waals surface area contributed by atoms with E-state index in [0.29, 0.717) is 0 Å². The van der Waals surface area contributed by atoms with Crippen molar-refractivity contribution in [3.05, 3.63) is 162 Å². The second-order valence-electron chi connectivity index (χ2n) is 15.7. The van der Waals surface area contributed by atoms with Crippen molar-refractivity contribution < 1.29 is 0 Å². The van der Waals surface area contributed by atoms with Crippen LogP contribution in [0.2, 0.25) is 6.04 Å². The van der Waals surface area contributed by atoms with E-state index in [1.807, 2.05) is 11.8 Å². The fraction of sp³-hybridized carbons (Fsp3) is 0.208. The van der Waals surface area contributed by atoms with Gasteiger partial charge in [0, 0.05) is 32.0 Å². The summed E-state index contributed by atoms with van der Waals surface area (Å²) in [7, 11) is -2.44. The normalized spacial score (nSPS) is 18.2. The summed E-state index contributed by atoms with van der Waals surface area (Å²) in [6, 6.07) is 55.1. The highest BCUT2D eigenvalue weighted by molar-refractivity contribution is 7.99. The summed E-state index contributed by atoms with van der Waals surface area (Å²) in [4.78, 5) is 2.62. The third-order valence-electron chi connectivity index (χ3n) is 12.8. The lowest BCUT2D eigenvalue weighted by Gasteiger charge is -2.48. The number of nitrogens with zero attached hydrogens (tertiary/aromatic N) is 1. The zero-order valence-electron chi connectivity index (χ0n) is 30.5. The van der Waals surface area contributed by atoms with Crippen LogP contribution in [0.5, 0.6) is 0 Å². The van der Waals surface area contributed by atoms with Gasteiger partial charge >= 0.3 is 0 Å². The lowest BCUT2D eigenvalue weighted by molar-refractivity contribution is 0.645. The molecule has 7 aromatic rings. The highest BCUT2D eigenvalue weighted by Gasteiger charge is 2.53. The maximum Gasteiger partial charge on any atom is 0.244 e. The number of aryl methyl sites for hydroxylation is 1. The van der Waals surface area contributed by atoms with Gasteiger partial charge < -0.3 is 4.57 Å². The zero-order chi connectivity index (χ0) is 35.0. The number of hydrogen-bond donors (Lipinski definition) is 0. The molecule has 0 bridgehead atoms. The topological polar surface area (TPSA) is 4.93 Å². The summed E-state index contributed by atoms with van der Waals surface area (Å²) < 4.78 is 2.72. The molecule has 3 heterocycles. The Bertz CT molecular complexity index is 2500. The fourth-order valence-electron chi connectivity index (χ4n) is 10.5. The molecular formula is C48H44BNSSi. The second-order valence-corrected chi connectivity index (χ2v) is 21.0. The van der Waals surface area contributed by atoms with Gasteiger partial charge in [0.15, 0.2) is 0 Å². The van der Waals surface area contributed by atoms with Gasteiger partial charge in [-0.1, -0.05) is 163 Å². The molecule has 254 valence electrons. The van der Waals surface area contributed by atoms with Crippen LogP contribution in [0.1, 0.15) is 62.4 Å². The van der Waals surface area contributed by atoms with Crippen molar-refractivity contribution in [1.29, 1.82) is 0 Å². The minimum atomic E-state index is -2.44. The molecule has 0 saturated heterocycles. The molecule has 0 spiro atoms. The first kappa shape index (κ1) is 32.2. The first-order chi connectivity index (χ1) is 25.5. The summed E-state index contributed by atoms with van der Waals surface area (Å²) in [6.45, 7) is 7.61. The molecular weight excluding hydrogens is 662 g/mol. The molecule has 1 aromatic heterocycles. The lowest BCUT2D eigenvalue weighted by Crippen LogP contribution is -2.84. The van der Waals surface area contributed by atoms with Gasteiger partial charge in [0.1, 0.15) is 8.07 Å². The van der Waals surface area contributed by atoms with Crippen LogP contribution in [0.3, 0.4) is 0 Å². The molecule has 0 fully saturated rings. The molecule has 1 nitrogen and oxygen atoms in total. The molecule has 1 atom stereocenters. The molecule has 0 N–H and O–H groups in total. The van der Waals surface area contributed by atoms with Crippen LogP contribution in [0.25, 0.3) is 16.6 Å². The van der Waals surface area contributed by atoms with Gasteiger partial charge in [0.2, 0.25) is 6.71 Å². The van der Waals surface area contributed by atoms with Gasteiger partial charge in [-0.05, 0) is 95.5 Å². The quantitative estimate of drug-likeness (QED) is 0.130. The first-order valence-corrected chi connectivity index (χ1v) is 22.4. The summed E-state index contributed by atoms with van der Waals surface area (Å²) in [5.41, 5.74) is 13.3.